The molecule has 0 saturated carbocycles. The molecule has 106 valence electrons. The molecular formula is C15H18BrN3O. The summed E-state index contributed by atoms with van der Waals surface area (Å²) in [5.41, 5.74) is 2.45. The maximum absolute atomic E-state index is 5.91. The minimum Gasteiger partial charge on any atom is -0.493 e. The van der Waals surface area contributed by atoms with Crippen LogP contribution in [0.15, 0.2) is 34.9 Å². The third-order valence-electron chi connectivity index (χ3n) is 3.92. The van der Waals surface area contributed by atoms with Gasteiger partial charge in [-0.05, 0) is 41.0 Å². The number of aromatic nitrogens is 2. The Kier molecular flexibility index (Phi) is 3.81. The van der Waals surface area contributed by atoms with Crippen molar-refractivity contribution in [3.8, 4) is 5.75 Å². The molecule has 2 heterocycles. The van der Waals surface area contributed by atoms with Crippen LogP contribution in [0.4, 0.5) is 0 Å². The average molecular weight is 336 g/mol. The number of nitrogens with one attached hydrogen (secondary N) is 1. The van der Waals surface area contributed by atoms with E-state index in [1.54, 1.807) is 0 Å². The van der Waals surface area contributed by atoms with Crippen molar-refractivity contribution in [2.24, 2.45) is 13.0 Å². The van der Waals surface area contributed by atoms with Crippen LogP contribution in [0.2, 0.25) is 0 Å². The summed E-state index contributed by atoms with van der Waals surface area (Å²) in [6.45, 7) is 0.722. The number of benzene rings is 1. The monoisotopic (exact) mass is 335 g/mol. The highest BCUT2D eigenvalue weighted by Crippen LogP contribution is 2.35. The molecule has 2 unspecified atom stereocenters. The molecule has 2 atom stereocenters. The second-order valence-corrected chi connectivity index (χ2v) is 6.00. The van der Waals surface area contributed by atoms with E-state index in [-0.39, 0.29) is 6.04 Å². The zero-order valence-corrected chi connectivity index (χ0v) is 13.2. The van der Waals surface area contributed by atoms with Gasteiger partial charge in [0.05, 0.1) is 29.0 Å². The molecule has 3 rings (SSSR count). The van der Waals surface area contributed by atoms with E-state index in [2.05, 4.69) is 38.5 Å². The number of nitrogens with zero attached hydrogens (tertiary/aromatic N) is 2. The summed E-state index contributed by atoms with van der Waals surface area (Å²) < 4.78 is 8.87. The van der Waals surface area contributed by atoms with Gasteiger partial charge in [-0.15, -0.1) is 0 Å². The fourth-order valence-electron chi connectivity index (χ4n) is 2.93. The van der Waals surface area contributed by atoms with Crippen LogP contribution in [0, 0.1) is 5.92 Å². The Balaban J connectivity index is 1.89. The largest absolute Gasteiger partial charge is 0.493 e. The number of para-hydroxylation sites is 1. The van der Waals surface area contributed by atoms with E-state index < -0.39 is 0 Å². The molecule has 1 aromatic heterocycles. The molecule has 2 aromatic rings. The van der Waals surface area contributed by atoms with Crippen LogP contribution >= 0.6 is 15.9 Å². The van der Waals surface area contributed by atoms with Crippen molar-refractivity contribution in [3.05, 3.63) is 46.2 Å². The zero-order valence-electron chi connectivity index (χ0n) is 11.6. The SMILES string of the molecule is CNC(c1c(Br)cnn1C)C1COc2ccccc2C1. The van der Waals surface area contributed by atoms with Crippen LogP contribution in [0.5, 0.6) is 5.75 Å². The van der Waals surface area contributed by atoms with Crippen molar-refractivity contribution < 1.29 is 4.74 Å². The standard InChI is InChI=1S/C15H18BrN3O/c1-17-14(15-12(16)8-18-19(15)2)11-7-10-5-3-4-6-13(10)20-9-11/h3-6,8,11,14,17H,7,9H2,1-2H3. The first kappa shape index (κ1) is 13.6. The molecule has 0 amide bonds. The van der Waals surface area contributed by atoms with Gasteiger partial charge >= 0.3 is 0 Å². The number of rotatable bonds is 3. The quantitative estimate of drug-likeness (QED) is 0.937. The molecule has 5 heteroatoms. The molecule has 0 aliphatic carbocycles. The summed E-state index contributed by atoms with van der Waals surface area (Å²) in [5, 5.41) is 7.73. The molecule has 0 bridgehead atoms. The first-order valence-electron chi connectivity index (χ1n) is 6.76. The minimum absolute atomic E-state index is 0.213. The lowest BCUT2D eigenvalue weighted by atomic mass is 9.88. The fraction of sp³-hybridized carbons (Fsp3) is 0.400. The van der Waals surface area contributed by atoms with Gasteiger partial charge < -0.3 is 10.1 Å². The Bertz CT molecular complexity index is 591. The highest BCUT2D eigenvalue weighted by molar-refractivity contribution is 9.10. The van der Waals surface area contributed by atoms with Crippen LogP contribution in [0.3, 0.4) is 0 Å². The second kappa shape index (κ2) is 5.58. The summed E-state index contributed by atoms with van der Waals surface area (Å²) in [7, 11) is 3.96. The summed E-state index contributed by atoms with van der Waals surface area (Å²) in [4.78, 5) is 0. The molecule has 4 nitrogen and oxygen atoms in total. The Hall–Kier alpha value is -1.33. The van der Waals surface area contributed by atoms with Crippen molar-refractivity contribution in [1.82, 2.24) is 15.1 Å². The molecule has 0 fully saturated rings. The molecule has 0 spiro atoms. The first-order valence-corrected chi connectivity index (χ1v) is 7.55. The van der Waals surface area contributed by atoms with Gasteiger partial charge in [-0.1, -0.05) is 18.2 Å². The van der Waals surface area contributed by atoms with Crippen molar-refractivity contribution in [1.29, 1.82) is 0 Å². The average Bonchev–Trinajstić information content (AvgIpc) is 2.80. The first-order chi connectivity index (χ1) is 9.70. The van der Waals surface area contributed by atoms with Crippen LogP contribution in [-0.4, -0.2) is 23.4 Å². The molecule has 20 heavy (non-hydrogen) atoms. The van der Waals surface area contributed by atoms with Crippen molar-refractivity contribution in [2.45, 2.75) is 12.5 Å². The molecule has 1 aliphatic heterocycles. The Morgan fingerprint density at radius 2 is 2.25 bits per heavy atom. The minimum atomic E-state index is 0.213. The number of ether oxygens (including phenoxy) is 1. The summed E-state index contributed by atoms with van der Waals surface area (Å²) in [6, 6.07) is 8.49. The van der Waals surface area contributed by atoms with Crippen LogP contribution in [0.25, 0.3) is 0 Å². The molecule has 1 aliphatic rings. The maximum Gasteiger partial charge on any atom is 0.122 e. The molecule has 1 N–H and O–H groups in total. The zero-order chi connectivity index (χ0) is 14.1. The predicted octanol–water partition coefficient (Wildman–Crippen LogP) is 2.69. The number of fused-ring (bicyclic) bond motifs is 1. The van der Waals surface area contributed by atoms with E-state index in [1.165, 1.54) is 11.3 Å². The van der Waals surface area contributed by atoms with E-state index in [4.69, 9.17) is 4.74 Å². The van der Waals surface area contributed by atoms with Crippen molar-refractivity contribution in [3.63, 3.8) is 0 Å². The lowest BCUT2D eigenvalue weighted by molar-refractivity contribution is 0.184. The molecule has 0 saturated heterocycles. The van der Waals surface area contributed by atoms with Gasteiger partial charge in [-0.25, -0.2) is 0 Å². The van der Waals surface area contributed by atoms with E-state index in [1.807, 2.05) is 37.1 Å². The smallest absolute Gasteiger partial charge is 0.122 e. The second-order valence-electron chi connectivity index (χ2n) is 5.15. The molecule has 1 aromatic carbocycles. The topological polar surface area (TPSA) is 39.1 Å². The van der Waals surface area contributed by atoms with Crippen LogP contribution in [0.1, 0.15) is 17.3 Å². The summed E-state index contributed by atoms with van der Waals surface area (Å²) in [6.07, 6.45) is 2.86. The number of hydrogen-bond acceptors (Lipinski definition) is 3. The Morgan fingerprint density at radius 1 is 1.45 bits per heavy atom. The van der Waals surface area contributed by atoms with E-state index in [0.717, 1.165) is 23.2 Å². The van der Waals surface area contributed by atoms with Crippen LogP contribution < -0.4 is 10.1 Å². The van der Waals surface area contributed by atoms with Gasteiger partial charge in [0.25, 0.3) is 0 Å². The van der Waals surface area contributed by atoms with Gasteiger partial charge in [0.2, 0.25) is 0 Å². The number of aryl methyl sites for hydroxylation is 1. The van der Waals surface area contributed by atoms with E-state index in [0.29, 0.717) is 5.92 Å². The third-order valence-corrected chi connectivity index (χ3v) is 4.53. The lowest BCUT2D eigenvalue weighted by Gasteiger charge is -2.31. The Labute approximate surface area is 127 Å². The maximum atomic E-state index is 5.91. The number of halogens is 1. The third kappa shape index (κ3) is 2.36. The van der Waals surface area contributed by atoms with Crippen LogP contribution in [-0.2, 0) is 13.5 Å². The highest BCUT2D eigenvalue weighted by atomic mass is 79.9. The summed E-state index contributed by atoms with van der Waals surface area (Å²) in [5.74, 6) is 1.41. The molecule has 0 radical (unpaired) electrons. The summed E-state index contributed by atoms with van der Waals surface area (Å²) >= 11 is 3.59. The Morgan fingerprint density at radius 3 is 2.95 bits per heavy atom. The lowest BCUT2D eigenvalue weighted by Crippen LogP contribution is -2.34. The van der Waals surface area contributed by atoms with Crippen molar-refractivity contribution >= 4 is 15.9 Å². The van der Waals surface area contributed by atoms with Gasteiger partial charge in [0.1, 0.15) is 5.75 Å². The molecular weight excluding hydrogens is 318 g/mol. The predicted molar refractivity (Wildman–Crippen MR) is 81.8 cm³/mol. The highest BCUT2D eigenvalue weighted by Gasteiger charge is 2.30. The van der Waals surface area contributed by atoms with Gasteiger partial charge in [-0.2, -0.15) is 5.10 Å². The van der Waals surface area contributed by atoms with E-state index >= 15 is 0 Å². The van der Waals surface area contributed by atoms with Gasteiger partial charge in [-0.3, -0.25) is 4.68 Å². The van der Waals surface area contributed by atoms with Gasteiger partial charge in [0.15, 0.2) is 0 Å². The number of hydrogen-bond donors (Lipinski definition) is 1. The van der Waals surface area contributed by atoms with Gasteiger partial charge in [0, 0.05) is 13.0 Å². The van der Waals surface area contributed by atoms with E-state index in [9.17, 15) is 0 Å². The fourth-order valence-corrected chi connectivity index (χ4v) is 3.53. The van der Waals surface area contributed by atoms with Crippen molar-refractivity contribution in [2.75, 3.05) is 13.7 Å². The normalized spacial score (nSPS) is 19.2.